The minimum Gasteiger partial charge on any atom is -0.395 e. The van der Waals surface area contributed by atoms with Gasteiger partial charge < -0.3 is 10.4 Å². The zero-order chi connectivity index (χ0) is 18.3. The number of nitrogens with zero attached hydrogens (tertiary/aromatic N) is 2. The van der Waals surface area contributed by atoms with Crippen LogP contribution in [0.2, 0.25) is 5.02 Å². The van der Waals surface area contributed by atoms with Crippen LogP contribution in [-0.4, -0.2) is 42.5 Å². The van der Waals surface area contributed by atoms with Crippen LogP contribution in [0, 0.1) is 0 Å². The molecular weight excluding hydrogens is 362 g/mol. The van der Waals surface area contributed by atoms with Gasteiger partial charge in [0.05, 0.1) is 11.6 Å². The molecular formula is C17H22ClN3O3S. The number of anilines is 1. The van der Waals surface area contributed by atoms with E-state index in [0.717, 1.165) is 12.0 Å². The first kappa shape index (κ1) is 19.7. The Kier molecular flexibility index (Phi) is 7.19. The van der Waals surface area contributed by atoms with Gasteiger partial charge in [-0.1, -0.05) is 48.9 Å². The highest BCUT2D eigenvalue weighted by Gasteiger charge is 2.25. The van der Waals surface area contributed by atoms with Gasteiger partial charge in [0.15, 0.2) is 0 Å². The van der Waals surface area contributed by atoms with E-state index < -0.39 is 10.0 Å². The van der Waals surface area contributed by atoms with Crippen LogP contribution in [0.4, 0.5) is 5.82 Å². The lowest BCUT2D eigenvalue weighted by molar-refractivity contribution is 0.251. The van der Waals surface area contributed by atoms with Gasteiger partial charge >= 0.3 is 0 Å². The van der Waals surface area contributed by atoms with E-state index in [4.69, 9.17) is 11.6 Å². The normalized spacial score (nSPS) is 11.7. The molecule has 8 heteroatoms. The Labute approximate surface area is 153 Å². The maximum absolute atomic E-state index is 12.9. The van der Waals surface area contributed by atoms with Crippen molar-refractivity contribution in [3.8, 4) is 0 Å². The van der Waals surface area contributed by atoms with Crippen LogP contribution in [0.1, 0.15) is 18.9 Å². The van der Waals surface area contributed by atoms with Gasteiger partial charge in [-0.15, -0.1) is 0 Å². The molecule has 6 nitrogen and oxygen atoms in total. The summed E-state index contributed by atoms with van der Waals surface area (Å²) in [5, 5.41) is 12.6. The molecule has 0 aliphatic carbocycles. The van der Waals surface area contributed by atoms with E-state index >= 15 is 0 Å². The van der Waals surface area contributed by atoms with Crippen LogP contribution in [-0.2, 0) is 16.6 Å². The second-order valence-corrected chi connectivity index (χ2v) is 7.82. The minimum absolute atomic E-state index is 0.00364. The number of halogens is 1. The van der Waals surface area contributed by atoms with Gasteiger partial charge in [-0.25, -0.2) is 13.4 Å². The molecule has 0 atom stereocenters. The van der Waals surface area contributed by atoms with Gasteiger partial charge in [0.25, 0.3) is 0 Å². The van der Waals surface area contributed by atoms with Crippen molar-refractivity contribution in [1.82, 2.24) is 9.29 Å². The molecule has 0 fully saturated rings. The Balaban J connectivity index is 2.28. The van der Waals surface area contributed by atoms with Gasteiger partial charge in [0.2, 0.25) is 10.0 Å². The summed E-state index contributed by atoms with van der Waals surface area (Å²) < 4.78 is 27.0. The average molecular weight is 384 g/mol. The van der Waals surface area contributed by atoms with E-state index in [2.05, 4.69) is 10.3 Å². The van der Waals surface area contributed by atoms with Crippen molar-refractivity contribution in [2.45, 2.75) is 24.8 Å². The first-order chi connectivity index (χ1) is 12.0. The van der Waals surface area contributed by atoms with Crippen LogP contribution < -0.4 is 5.32 Å². The maximum Gasteiger partial charge on any atom is 0.245 e. The smallest absolute Gasteiger partial charge is 0.245 e. The fraction of sp³-hybridized carbons (Fsp3) is 0.353. The Bertz CT molecular complexity index is 785. The molecule has 0 saturated carbocycles. The topological polar surface area (TPSA) is 82.5 Å². The van der Waals surface area contributed by atoms with Crippen LogP contribution in [0.25, 0.3) is 0 Å². The van der Waals surface area contributed by atoms with Crippen molar-refractivity contribution in [3.63, 3.8) is 0 Å². The minimum atomic E-state index is -3.82. The predicted molar refractivity (Wildman–Crippen MR) is 99.2 cm³/mol. The molecule has 0 radical (unpaired) electrons. The lowest BCUT2D eigenvalue weighted by Gasteiger charge is -2.21. The monoisotopic (exact) mass is 383 g/mol. The molecule has 2 rings (SSSR count). The third-order valence-electron chi connectivity index (χ3n) is 3.55. The van der Waals surface area contributed by atoms with Crippen molar-refractivity contribution in [2.75, 3.05) is 25.0 Å². The standard InChI is InChI=1S/C17H22ClN3O3S/c1-2-8-19-17-16(18)11-15(12-20-17)25(23,24)21(9-10-22)13-14-6-4-3-5-7-14/h3-7,11-12,22H,2,8-10,13H2,1H3,(H,19,20). The summed E-state index contributed by atoms with van der Waals surface area (Å²) in [5.41, 5.74) is 0.833. The third-order valence-corrected chi connectivity index (χ3v) is 5.65. The number of sulfonamides is 1. The largest absolute Gasteiger partial charge is 0.395 e. The number of aliphatic hydroxyl groups excluding tert-OH is 1. The highest BCUT2D eigenvalue weighted by molar-refractivity contribution is 7.89. The fourth-order valence-corrected chi connectivity index (χ4v) is 3.96. The molecule has 1 aromatic heterocycles. The number of hydrogen-bond acceptors (Lipinski definition) is 5. The molecule has 2 N–H and O–H groups in total. The van der Waals surface area contributed by atoms with Crippen LogP contribution in [0.5, 0.6) is 0 Å². The lowest BCUT2D eigenvalue weighted by atomic mass is 10.2. The van der Waals surface area contributed by atoms with E-state index in [-0.39, 0.29) is 29.6 Å². The van der Waals surface area contributed by atoms with Crippen molar-refractivity contribution in [2.24, 2.45) is 0 Å². The van der Waals surface area contributed by atoms with E-state index in [1.165, 1.54) is 16.6 Å². The molecule has 0 spiro atoms. The summed E-state index contributed by atoms with van der Waals surface area (Å²) in [6, 6.07) is 10.6. The van der Waals surface area contributed by atoms with E-state index in [1.807, 2.05) is 37.3 Å². The van der Waals surface area contributed by atoms with E-state index in [9.17, 15) is 13.5 Å². The van der Waals surface area contributed by atoms with Gasteiger partial charge in [-0.2, -0.15) is 4.31 Å². The number of benzene rings is 1. The number of aromatic nitrogens is 1. The quantitative estimate of drug-likeness (QED) is 0.695. The summed E-state index contributed by atoms with van der Waals surface area (Å²) in [6.45, 7) is 2.59. The second-order valence-electron chi connectivity index (χ2n) is 5.48. The summed E-state index contributed by atoms with van der Waals surface area (Å²) in [5.74, 6) is 0.458. The molecule has 2 aromatic rings. The predicted octanol–water partition coefficient (Wildman–Crippen LogP) is 2.74. The first-order valence-corrected chi connectivity index (χ1v) is 9.85. The average Bonchev–Trinajstić information content (AvgIpc) is 2.61. The Morgan fingerprint density at radius 1 is 1.28 bits per heavy atom. The number of hydrogen-bond donors (Lipinski definition) is 2. The first-order valence-electron chi connectivity index (χ1n) is 8.03. The van der Waals surface area contributed by atoms with Crippen molar-refractivity contribution in [3.05, 3.63) is 53.2 Å². The molecule has 0 aliphatic heterocycles. The SMILES string of the molecule is CCCNc1ncc(S(=O)(=O)N(CCO)Cc2ccccc2)cc1Cl. The highest BCUT2D eigenvalue weighted by atomic mass is 35.5. The third kappa shape index (κ3) is 5.15. The Morgan fingerprint density at radius 3 is 2.60 bits per heavy atom. The van der Waals surface area contributed by atoms with Gasteiger partial charge in [-0.05, 0) is 18.1 Å². The van der Waals surface area contributed by atoms with Gasteiger partial charge in [-0.3, -0.25) is 0 Å². The molecule has 136 valence electrons. The highest BCUT2D eigenvalue weighted by Crippen LogP contribution is 2.25. The number of pyridine rings is 1. The Hall–Kier alpha value is -1.67. The van der Waals surface area contributed by atoms with E-state index in [0.29, 0.717) is 12.4 Å². The molecule has 1 heterocycles. The molecule has 25 heavy (non-hydrogen) atoms. The maximum atomic E-state index is 12.9. The molecule has 0 amide bonds. The zero-order valence-corrected chi connectivity index (χ0v) is 15.6. The number of aliphatic hydroxyl groups is 1. The van der Waals surface area contributed by atoms with Crippen molar-refractivity contribution >= 4 is 27.4 Å². The molecule has 0 unspecified atom stereocenters. The van der Waals surface area contributed by atoms with E-state index in [1.54, 1.807) is 0 Å². The van der Waals surface area contributed by atoms with Crippen molar-refractivity contribution < 1.29 is 13.5 Å². The molecule has 0 aliphatic rings. The second kappa shape index (κ2) is 9.15. The lowest BCUT2D eigenvalue weighted by Crippen LogP contribution is -2.33. The fourth-order valence-electron chi connectivity index (χ4n) is 2.27. The van der Waals surface area contributed by atoms with Gasteiger partial charge in [0, 0.05) is 25.8 Å². The summed E-state index contributed by atoms with van der Waals surface area (Å²) >= 11 is 6.16. The van der Waals surface area contributed by atoms with Crippen LogP contribution >= 0.6 is 11.6 Å². The zero-order valence-electron chi connectivity index (χ0n) is 14.0. The van der Waals surface area contributed by atoms with Crippen LogP contribution in [0.3, 0.4) is 0 Å². The number of rotatable bonds is 9. The molecule has 0 bridgehead atoms. The van der Waals surface area contributed by atoms with Gasteiger partial charge in [0.1, 0.15) is 10.7 Å². The molecule has 1 aromatic carbocycles. The molecule has 0 saturated heterocycles. The van der Waals surface area contributed by atoms with Crippen molar-refractivity contribution in [1.29, 1.82) is 0 Å². The summed E-state index contributed by atoms with van der Waals surface area (Å²) in [7, 11) is -3.82. The Morgan fingerprint density at radius 2 is 2.00 bits per heavy atom. The summed E-state index contributed by atoms with van der Waals surface area (Å²) in [6.07, 6.45) is 2.19. The number of nitrogens with one attached hydrogen (secondary N) is 1. The van der Waals surface area contributed by atoms with Crippen LogP contribution in [0.15, 0.2) is 47.5 Å². The summed E-state index contributed by atoms with van der Waals surface area (Å²) in [4.78, 5) is 4.12.